The number of ether oxygens (including phenoxy) is 2. The molecule has 1 heterocycles. The van der Waals surface area contributed by atoms with Crippen LogP contribution in [0, 0.1) is 0 Å². The Hall–Kier alpha value is -2.01. The molecular weight excluding hydrogens is 262 g/mol. The minimum absolute atomic E-state index is 0.0916. The topological polar surface area (TPSA) is 47.6 Å². The van der Waals surface area contributed by atoms with Gasteiger partial charge in [0, 0.05) is 23.1 Å². The number of amides is 1. The summed E-state index contributed by atoms with van der Waals surface area (Å²) in [4.78, 5) is 11.9. The Morgan fingerprint density at radius 1 is 1.26 bits per heavy atom. The van der Waals surface area contributed by atoms with Crippen LogP contribution in [0.15, 0.2) is 35.0 Å². The summed E-state index contributed by atoms with van der Waals surface area (Å²) in [5.74, 6) is 1.21. The summed E-state index contributed by atoms with van der Waals surface area (Å²) >= 11 is 1.50. The predicted octanol–water partition coefficient (Wildman–Crippen LogP) is 2.70. The summed E-state index contributed by atoms with van der Waals surface area (Å²) in [5.41, 5.74) is 1.55. The Labute approximate surface area is 116 Å². The van der Waals surface area contributed by atoms with Crippen molar-refractivity contribution in [2.24, 2.45) is 0 Å². The number of thiophene rings is 1. The van der Waals surface area contributed by atoms with Crippen LogP contribution >= 0.6 is 11.3 Å². The lowest BCUT2D eigenvalue weighted by Gasteiger charge is -2.12. The van der Waals surface area contributed by atoms with Gasteiger partial charge in [-0.3, -0.25) is 4.79 Å². The van der Waals surface area contributed by atoms with E-state index in [1.807, 2.05) is 29.0 Å². The van der Waals surface area contributed by atoms with Crippen molar-refractivity contribution in [3.63, 3.8) is 0 Å². The van der Waals surface area contributed by atoms with Crippen LogP contribution in [0.3, 0.4) is 0 Å². The molecule has 0 radical (unpaired) electrons. The second-order valence-electron chi connectivity index (χ2n) is 3.85. The molecule has 0 saturated heterocycles. The Kier molecular flexibility index (Phi) is 4.41. The number of benzene rings is 1. The van der Waals surface area contributed by atoms with Crippen LogP contribution in [0.2, 0.25) is 0 Å². The Morgan fingerprint density at radius 3 is 2.74 bits per heavy atom. The zero-order chi connectivity index (χ0) is 13.7. The van der Waals surface area contributed by atoms with Gasteiger partial charge in [-0.1, -0.05) is 12.1 Å². The average molecular weight is 277 g/mol. The fourth-order valence-corrected chi connectivity index (χ4v) is 2.40. The highest BCUT2D eigenvalue weighted by Crippen LogP contribution is 2.30. The molecule has 0 saturated carbocycles. The molecule has 0 aliphatic rings. The van der Waals surface area contributed by atoms with E-state index in [9.17, 15) is 4.79 Å². The fraction of sp³-hybridized carbons (Fsp3) is 0.214. The predicted molar refractivity (Wildman–Crippen MR) is 75.0 cm³/mol. The molecule has 0 spiro atoms. The smallest absolute Gasteiger partial charge is 0.252 e. The van der Waals surface area contributed by atoms with Gasteiger partial charge in [-0.05, 0) is 17.5 Å². The van der Waals surface area contributed by atoms with Crippen LogP contribution in [0.5, 0.6) is 11.5 Å². The lowest BCUT2D eigenvalue weighted by molar-refractivity contribution is 0.0951. The quantitative estimate of drug-likeness (QED) is 0.914. The van der Waals surface area contributed by atoms with Crippen molar-refractivity contribution in [1.29, 1.82) is 0 Å². The Bertz CT molecular complexity index is 552. The van der Waals surface area contributed by atoms with E-state index in [1.165, 1.54) is 11.3 Å². The van der Waals surface area contributed by atoms with Crippen molar-refractivity contribution in [3.8, 4) is 11.5 Å². The summed E-state index contributed by atoms with van der Waals surface area (Å²) in [7, 11) is 3.17. The molecule has 0 unspecified atom stereocenters. The standard InChI is InChI=1S/C14H15NO3S/c1-17-12-5-3-4-10(13(12)18-2)8-15-14(16)11-6-7-19-9-11/h3-7,9H,8H2,1-2H3,(H,15,16). The van der Waals surface area contributed by atoms with Gasteiger partial charge in [0.15, 0.2) is 11.5 Å². The third-order valence-electron chi connectivity index (χ3n) is 2.71. The van der Waals surface area contributed by atoms with Gasteiger partial charge in [-0.25, -0.2) is 0 Å². The normalized spacial score (nSPS) is 10.0. The highest BCUT2D eigenvalue weighted by Gasteiger charge is 2.11. The first-order valence-electron chi connectivity index (χ1n) is 5.76. The van der Waals surface area contributed by atoms with E-state index < -0.39 is 0 Å². The first kappa shape index (κ1) is 13.4. The number of carbonyl (C=O) groups is 1. The maximum absolute atomic E-state index is 11.9. The minimum atomic E-state index is -0.0916. The van der Waals surface area contributed by atoms with Crippen molar-refractivity contribution >= 4 is 17.2 Å². The minimum Gasteiger partial charge on any atom is -0.493 e. The van der Waals surface area contributed by atoms with Crippen LogP contribution in [0.25, 0.3) is 0 Å². The second kappa shape index (κ2) is 6.24. The van der Waals surface area contributed by atoms with Crippen molar-refractivity contribution in [2.75, 3.05) is 14.2 Å². The van der Waals surface area contributed by atoms with E-state index >= 15 is 0 Å². The van der Waals surface area contributed by atoms with Gasteiger partial charge in [-0.2, -0.15) is 11.3 Å². The van der Waals surface area contributed by atoms with Gasteiger partial charge in [0.05, 0.1) is 14.2 Å². The van der Waals surface area contributed by atoms with E-state index in [0.29, 0.717) is 23.6 Å². The molecule has 1 aromatic carbocycles. The van der Waals surface area contributed by atoms with Crippen LogP contribution < -0.4 is 14.8 Å². The molecule has 0 aliphatic heterocycles. The van der Waals surface area contributed by atoms with Crippen LogP contribution in [-0.2, 0) is 6.54 Å². The number of hydrogen-bond donors (Lipinski definition) is 1. The third-order valence-corrected chi connectivity index (χ3v) is 3.39. The Balaban J connectivity index is 2.09. The third kappa shape index (κ3) is 3.06. The zero-order valence-electron chi connectivity index (χ0n) is 10.8. The highest BCUT2D eigenvalue weighted by atomic mass is 32.1. The van der Waals surface area contributed by atoms with Crippen LogP contribution in [0.4, 0.5) is 0 Å². The Morgan fingerprint density at radius 2 is 2.11 bits per heavy atom. The fourth-order valence-electron chi connectivity index (χ4n) is 1.76. The van der Waals surface area contributed by atoms with Crippen LogP contribution in [-0.4, -0.2) is 20.1 Å². The summed E-state index contributed by atoms with van der Waals surface area (Å²) in [5, 5.41) is 6.55. The van der Waals surface area contributed by atoms with E-state index in [-0.39, 0.29) is 5.91 Å². The van der Waals surface area contributed by atoms with Crippen molar-refractivity contribution in [1.82, 2.24) is 5.32 Å². The molecule has 100 valence electrons. The summed E-state index contributed by atoms with van der Waals surface area (Å²) in [6.45, 7) is 0.398. The monoisotopic (exact) mass is 277 g/mol. The van der Waals surface area contributed by atoms with Gasteiger partial charge in [0.25, 0.3) is 5.91 Å². The van der Waals surface area contributed by atoms with Gasteiger partial charge >= 0.3 is 0 Å². The maximum Gasteiger partial charge on any atom is 0.252 e. The number of nitrogens with one attached hydrogen (secondary N) is 1. The van der Waals surface area contributed by atoms with E-state index in [0.717, 1.165) is 5.56 Å². The lowest BCUT2D eigenvalue weighted by atomic mass is 10.1. The van der Waals surface area contributed by atoms with Gasteiger partial charge in [0.2, 0.25) is 0 Å². The SMILES string of the molecule is COc1cccc(CNC(=O)c2ccsc2)c1OC. The number of hydrogen-bond acceptors (Lipinski definition) is 4. The second-order valence-corrected chi connectivity index (χ2v) is 4.63. The van der Waals surface area contributed by atoms with Gasteiger partial charge in [0.1, 0.15) is 0 Å². The van der Waals surface area contributed by atoms with Gasteiger partial charge < -0.3 is 14.8 Å². The molecule has 19 heavy (non-hydrogen) atoms. The molecular formula is C14H15NO3S. The van der Waals surface area contributed by atoms with Crippen molar-refractivity contribution in [2.45, 2.75) is 6.54 Å². The molecule has 2 rings (SSSR count). The maximum atomic E-state index is 11.9. The van der Waals surface area contributed by atoms with E-state index in [4.69, 9.17) is 9.47 Å². The molecule has 1 amide bonds. The number of carbonyl (C=O) groups excluding carboxylic acids is 1. The summed E-state index contributed by atoms with van der Waals surface area (Å²) in [6.07, 6.45) is 0. The largest absolute Gasteiger partial charge is 0.493 e. The van der Waals surface area contributed by atoms with Crippen molar-refractivity contribution < 1.29 is 14.3 Å². The highest BCUT2D eigenvalue weighted by molar-refractivity contribution is 7.08. The number of para-hydroxylation sites is 1. The molecule has 0 aliphatic carbocycles. The zero-order valence-corrected chi connectivity index (χ0v) is 11.6. The lowest BCUT2D eigenvalue weighted by Crippen LogP contribution is -2.22. The molecule has 4 nitrogen and oxygen atoms in total. The van der Waals surface area contributed by atoms with Crippen LogP contribution in [0.1, 0.15) is 15.9 Å². The molecule has 5 heteroatoms. The van der Waals surface area contributed by atoms with Crippen molar-refractivity contribution in [3.05, 3.63) is 46.2 Å². The average Bonchev–Trinajstić information content (AvgIpc) is 2.98. The van der Waals surface area contributed by atoms with E-state index in [2.05, 4.69) is 5.32 Å². The number of rotatable bonds is 5. The summed E-state index contributed by atoms with van der Waals surface area (Å²) < 4.78 is 10.5. The molecule has 2 aromatic rings. The molecule has 0 bridgehead atoms. The first-order valence-corrected chi connectivity index (χ1v) is 6.70. The first-order chi connectivity index (χ1) is 9.26. The number of methoxy groups -OCH3 is 2. The van der Waals surface area contributed by atoms with Gasteiger partial charge in [-0.15, -0.1) is 0 Å². The molecule has 0 fully saturated rings. The summed E-state index contributed by atoms with van der Waals surface area (Å²) in [6, 6.07) is 7.38. The molecule has 1 aromatic heterocycles. The molecule has 1 N–H and O–H groups in total. The molecule has 0 atom stereocenters. The van der Waals surface area contributed by atoms with E-state index in [1.54, 1.807) is 20.3 Å².